The van der Waals surface area contributed by atoms with Gasteiger partial charge in [0.1, 0.15) is 0 Å². The van der Waals surface area contributed by atoms with Crippen molar-refractivity contribution in [3.63, 3.8) is 0 Å². The molecule has 11 heteroatoms. The molecule has 0 bridgehead atoms. The largest absolute Gasteiger partial charge is 0.481 e. The van der Waals surface area contributed by atoms with E-state index in [-0.39, 0.29) is 33.9 Å². The average molecular weight is 623 g/mol. The summed E-state index contributed by atoms with van der Waals surface area (Å²) in [6, 6.07) is 7.37. The van der Waals surface area contributed by atoms with E-state index in [0.29, 0.717) is 37.8 Å². The minimum absolute atomic E-state index is 0. The van der Waals surface area contributed by atoms with Gasteiger partial charge in [-0.05, 0) is 44.2 Å². The molecule has 9 nitrogen and oxygen atoms in total. The number of ether oxygens (including phenoxy) is 1. The predicted molar refractivity (Wildman–Crippen MR) is 156 cm³/mol. The maximum Gasteiger partial charge on any atom is 0.395 e. The van der Waals surface area contributed by atoms with E-state index in [1.54, 1.807) is 12.1 Å². The number of hydrogen-bond acceptors (Lipinski definition) is 8. The predicted octanol–water partition coefficient (Wildman–Crippen LogP) is 3.59. The Morgan fingerprint density at radius 3 is 1.70 bits per heavy atom. The van der Waals surface area contributed by atoms with Crippen molar-refractivity contribution in [2.45, 2.75) is 91.9 Å². The van der Waals surface area contributed by atoms with Gasteiger partial charge in [0.25, 0.3) is 0 Å². The third-order valence-corrected chi connectivity index (χ3v) is 8.55. The number of hydrogen-bond donors (Lipinski definition) is 5. The van der Waals surface area contributed by atoms with Crippen molar-refractivity contribution in [3.8, 4) is 0 Å². The molecule has 1 aliphatic carbocycles. The molecule has 5 N–H and O–H groups in total. The third kappa shape index (κ3) is 19.9. The van der Waals surface area contributed by atoms with E-state index in [9.17, 15) is 14.4 Å². The van der Waals surface area contributed by atoms with Gasteiger partial charge in [0.15, 0.2) is 0 Å². The van der Waals surface area contributed by atoms with Crippen LogP contribution in [0.3, 0.4) is 0 Å². The summed E-state index contributed by atoms with van der Waals surface area (Å²) in [7, 11) is -1.62. The Bertz CT molecular complexity index is 721. The summed E-state index contributed by atoms with van der Waals surface area (Å²) in [5, 5.41) is 34.8. The standard InChI is InChI=1S/C12H20O4.C9H14O3Si.2C4H10O.Ti/c1-2-3-8-16-12(15)10-7-5-4-6-9(10)11(13)14;1-8-3-5-9(6-4-8)13(11,7-10)12-2;2*1-2-3-4-5;/h9-10H,2-8H2,1H3,(H,13,14);3-6,10-11H,7H2,1-2H3;2*5H,2-4H2,1H3;. The maximum absolute atomic E-state index is 11.7. The minimum Gasteiger partial charge on any atom is -0.481 e. The van der Waals surface area contributed by atoms with E-state index < -0.39 is 26.4 Å². The van der Waals surface area contributed by atoms with Crippen molar-refractivity contribution < 1.29 is 65.7 Å². The van der Waals surface area contributed by atoms with Gasteiger partial charge in [0, 0.05) is 42.0 Å². The molecular weight excluding hydrogens is 568 g/mol. The van der Waals surface area contributed by atoms with Gasteiger partial charge in [-0.2, -0.15) is 0 Å². The van der Waals surface area contributed by atoms with Crippen LogP contribution in [-0.2, 0) is 40.5 Å². The minimum atomic E-state index is -3.04. The number of unbranched alkanes of at least 4 members (excludes halogenated alkanes) is 3. The summed E-state index contributed by atoms with van der Waals surface area (Å²) in [5.41, 5.74) is 1.12. The summed E-state index contributed by atoms with van der Waals surface area (Å²) >= 11 is 0. The first kappa shape index (κ1) is 43.3. The molecule has 1 fully saturated rings. The summed E-state index contributed by atoms with van der Waals surface area (Å²) in [6.45, 7) is 9.20. The summed E-state index contributed by atoms with van der Waals surface area (Å²) in [5.74, 6) is -2.15. The third-order valence-electron chi connectivity index (χ3n) is 6.21. The summed E-state index contributed by atoms with van der Waals surface area (Å²) in [6.07, 6.45) is 8.66. The Hall–Kier alpha value is -1.11. The fourth-order valence-corrected chi connectivity index (χ4v) is 4.77. The van der Waals surface area contributed by atoms with Crippen LogP contribution in [-0.4, -0.2) is 78.9 Å². The van der Waals surface area contributed by atoms with Crippen LogP contribution in [0, 0.1) is 18.8 Å². The molecule has 0 spiro atoms. The smallest absolute Gasteiger partial charge is 0.395 e. The molecule has 232 valence electrons. The van der Waals surface area contributed by atoms with Crippen LogP contribution in [0.25, 0.3) is 0 Å². The number of aliphatic hydroxyl groups is 3. The number of esters is 1. The summed E-state index contributed by atoms with van der Waals surface area (Å²) in [4.78, 5) is 32.6. The number of carbonyl (C=O) groups is 2. The number of carboxylic acids is 1. The van der Waals surface area contributed by atoms with Gasteiger partial charge in [-0.1, -0.05) is 82.7 Å². The molecule has 0 saturated heterocycles. The van der Waals surface area contributed by atoms with E-state index >= 15 is 0 Å². The van der Waals surface area contributed by atoms with Crippen LogP contribution < -0.4 is 5.19 Å². The van der Waals surface area contributed by atoms with Crippen molar-refractivity contribution in [2.24, 2.45) is 11.8 Å². The van der Waals surface area contributed by atoms with Crippen molar-refractivity contribution >= 4 is 25.7 Å². The Morgan fingerprint density at radius 1 is 0.875 bits per heavy atom. The molecule has 0 radical (unpaired) electrons. The van der Waals surface area contributed by atoms with Crippen LogP contribution in [0.5, 0.6) is 0 Å². The second-order valence-electron chi connectivity index (χ2n) is 9.52. The monoisotopic (exact) mass is 622 g/mol. The van der Waals surface area contributed by atoms with Gasteiger partial charge < -0.3 is 34.4 Å². The van der Waals surface area contributed by atoms with Crippen molar-refractivity contribution in [1.82, 2.24) is 0 Å². The van der Waals surface area contributed by atoms with Gasteiger partial charge in [-0.25, -0.2) is 0 Å². The molecule has 1 aromatic rings. The first-order valence-corrected chi connectivity index (χ1v) is 16.2. The molecule has 2 rings (SSSR count). The molecule has 40 heavy (non-hydrogen) atoms. The molecule has 0 aromatic heterocycles. The second-order valence-corrected chi connectivity index (χ2v) is 12.4. The first-order valence-electron chi connectivity index (χ1n) is 14.2. The molecule has 0 amide bonds. The second kappa shape index (κ2) is 28.0. The fraction of sp³-hybridized carbons (Fsp3) is 0.724. The zero-order valence-corrected chi connectivity index (χ0v) is 27.8. The zero-order chi connectivity index (χ0) is 30.1. The Morgan fingerprint density at radius 2 is 1.35 bits per heavy atom. The van der Waals surface area contributed by atoms with Gasteiger partial charge >= 0.3 is 20.5 Å². The van der Waals surface area contributed by atoms with Crippen molar-refractivity contribution in [3.05, 3.63) is 29.8 Å². The van der Waals surface area contributed by atoms with Crippen LogP contribution in [0.15, 0.2) is 24.3 Å². The van der Waals surface area contributed by atoms with Crippen LogP contribution in [0.1, 0.15) is 90.5 Å². The quantitative estimate of drug-likeness (QED) is 0.134. The molecule has 0 heterocycles. The molecule has 3 unspecified atom stereocenters. The molecular formula is C29H54O9SiTi. The van der Waals surface area contributed by atoms with Crippen molar-refractivity contribution in [2.75, 3.05) is 33.2 Å². The van der Waals surface area contributed by atoms with E-state index in [4.69, 9.17) is 29.6 Å². The topological polar surface area (TPSA) is 154 Å². The van der Waals surface area contributed by atoms with E-state index in [0.717, 1.165) is 56.9 Å². The van der Waals surface area contributed by atoms with E-state index in [1.807, 2.05) is 26.0 Å². The number of benzene rings is 1. The molecule has 3 atom stereocenters. The Balaban J connectivity index is -0.000000509. The van der Waals surface area contributed by atoms with Crippen molar-refractivity contribution in [1.29, 1.82) is 0 Å². The number of aliphatic carboxylic acids is 1. The van der Waals surface area contributed by atoms with E-state index in [1.165, 1.54) is 7.11 Å². The number of rotatable bonds is 12. The maximum atomic E-state index is 11.7. The van der Waals surface area contributed by atoms with Crippen LogP contribution in [0.4, 0.5) is 0 Å². The molecule has 1 aliphatic rings. The number of carboxylic acid groups (broad SMARTS) is 1. The SMILES string of the molecule is CCCCO.CCCCO.CCCCOC(=O)C1CCCCC1C(=O)O.CO[Si](O)(CO)c1ccc(C)cc1.[Ti]. The zero-order valence-electron chi connectivity index (χ0n) is 25.2. The fourth-order valence-electron chi connectivity index (χ4n) is 3.54. The van der Waals surface area contributed by atoms with Crippen LogP contribution in [0.2, 0.25) is 0 Å². The molecule has 1 saturated carbocycles. The molecule has 1 aromatic carbocycles. The number of aryl methyl sites for hydroxylation is 1. The average Bonchev–Trinajstić information content (AvgIpc) is 2.95. The summed E-state index contributed by atoms with van der Waals surface area (Å²) < 4.78 is 10.1. The van der Waals surface area contributed by atoms with Gasteiger partial charge in [0.2, 0.25) is 0 Å². The first-order chi connectivity index (χ1) is 18.6. The molecule has 0 aliphatic heterocycles. The van der Waals surface area contributed by atoms with E-state index in [2.05, 4.69) is 13.8 Å². The van der Waals surface area contributed by atoms with Gasteiger partial charge in [-0.15, -0.1) is 0 Å². The number of carbonyl (C=O) groups excluding carboxylic acids is 1. The van der Waals surface area contributed by atoms with Crippen LogP contribution >= 0.6 is 0 Å². The number of aliphatic hydroxyl groups excluding tert-OH is 3. The van der Waals surface area contributed by atoms with Gasteiger partial charge in [-0.3, -0.25) is 9.59 Å². The normalized spacial score (nSPS) is 17.1. The van der Waals surface area contributed by atoms with Gasteiger partial charge in [0.05, 0.1) is 24.7 Å². The Labute approximate surface area is 257 Å². The Kier molecular flexibility index (Phi) is 30.4.